The Bertz CT molecular complexity index is 1160. The standard InChI is InChI=1S/C27H36ClN3O4S/c1-5-25(27(33)29-23-8-6-7-9-23)30(17-21-10-12-22(28)13-11-21)26(32)18-31(36(4,34)35)24-15-19(2)14-20(3)16-24/h10-16,23,25H,5-9,17-18H2,1-4H3,(H,29,33). The van der Waals surface area contributed by atoms with E-state index in [0.29, 0.717) is 17.1 Å². The van der Waals surface area contributed by atoms with Crippen LogP contribution in [-0.4, -0.2) is 50.0 Å². The number of benzene rings is 2. The molecule has 0 aromatic heterocycles. The van der Waals surface area contributed by atoms with Crippen molar-refractivity contribution in [2.24, 2.45) is 0 Å². The van der Waals surface area contributed by atoms with Crippen LogP contribution >= 0.6 is 11.6 Å². The monoisotopic (exact) mass is 533 g/mol. The molecule has 1 saturated carbocycles. The molecule has 9 heteroatoms. The SMILES string of the molecule is CCC(C(=O)NC1CCCC1)N(Cc1ccc(Cl)cc1)C(=O)CN(c1cc(C)cc(C)c1)S(C)(=O)=O. The Morgan fingerprint density at radius 1 is 1.06 bits per heavy atom. The molecule has 3 rings (SSSR count). The summed E-state index contributed by atoms with van der Waals surface area (Å²) in [7, 11) is -3.76. The molecule has 0 radical (unpaired) electrons. The van der Waals surface area contributed by atoms with Crippen LogP contribution in [0.1, 0.15) is 55.7 Å². The number of carbonyl (C=O) groups excluding carboxylic acids is 2. The fourth-order valence-electron chi connectivity index (χ4n) is 4.78. The zero-order chi connectivity index (χ0) is 26.5. The molecule has 196 valence electrons. The minimum Gasteiger partial charge on any atom is -0.352 e. The molecule has 1 atom stereocenters. The highest BCUT2D eigenvalue weighted by atomic mass is 35.5. The van der Waals surface area contributed by atoms with E-state index in [2.05, 4.69) is 5.32 Å². The molecule has 0 aliphatic heterocycles. The van der Waals surface area contributed by atoms with Crippen molar-refractivity contribution >= 4 is 39.1 Å². The maximum absolute atomic E-state index is 13.8. The van der Waals surface area contributed by atoms with E-state index in [1.54, 1.807) is 24.3 Å². The fourth-order valence-corrected chi connectivity index (χ4v) is 5.74. The molecular formula is C27H36ClN3O4S. The molecule has 1 unspecified atom stereocenters. The largest absolute Gasteiger partial charge is 0.352 e. The molecule has 1 fully saturated rings. The van der Waals surface area contributed by atoms with Crippen LogP contribution < -0.4 is 9.62 Å². The molecule has 0 bridgehead atoms. The van der Waals surface area contributed by atoms with Gasteiger partial charge in [-0.15, -0.1) is 0 Å². The van der Waals surface area contributed by atoms with Crippen LogP contribution in [0.15, 0.2) is 42.5 Å². The van der Waals surface area contributed by atoms with E-state index in [0.717, 1.165) is 52.9 Å². The number of halogens is 1. The van der Waals surface area contributed by atoms with Crippen molar-refractivity contribution in [2.45, 2.75) is 71.5 Å². The van der Waals surface area contributed by atoms with Crippen LogP contribution in [0.4, 0.5) is 5.69 Å². The van der Waals surface area contributed by atoms with Crippen LogP contribution in [0, 0.1) is 13.8 Å². The number of hydrogen-bond acceptors (Lipinski definition) is 4. The summed E-state index contributed by atoms with van der Waals surface area (Å²) in [6.07, 6.45) is 5.51. The molecule has 0 heterocycles. The van der Waals surface area contributed by atoms with E-state index >= 15 is 0 Å². The van der Waals surface area contributed by atoms with Gasteiger partial charge in [-0.2, -0.15) is 0 Å². The topological polar surface area (TPSA) is 86.8 Å². The smallest absolute Gasteiger partial charge is 0.244 e. The van der Waals surface area contributed by atoms with Gasteiger partial charge in [0.2, 0.25) is 21.8 Å². The van der Waals surface area contributed by atoms with Gasteiger partial charge in [-0.1, -0.05) is 49.6 Å². The first-order valence-electron chi connectivity index (χ1n) is 12.4. The molecule has 7 nitrogen and oxygen atoms in total. The normalized spacial score (nSPS) is 14.9. The predicted octanol–water partition coefficient (Wildman–Crippen LogP) is 4.59. The Kier molecular flexibility index (Phi) is 9.41. The number of anilines is 1. The molecule has 36 heavy (non-hydrogen) atoms. The van der Waals surface area contributed by atoms with Gasteiger partial charge in [0.1, 0.15) is 12.6 Å². The number of hydrogen-bond donors (Lipinski definition) is 1. The van der Waals surface area contributed by atoms with Crippen molar-refractivity contribution in [3.05, 3.63) is 64.2 Å². The summed E-state index contributed by atoms with van der Waals surface area (Å²) in [5.41, 5.74) is 3.02. The third kappa shape index (κ3) is 7.46. The molecule has 2 amide bonds. The summed E-state index contributed by atoms with van der Waals surface area (Å²) < 4.78 is 26.7. The van der Waals surface area contributed by atoms with E-state index in [9.17, 15) is 18.0 Å². The average Bonchev–Trinajstić information content (AvgIpc) is 3.30. The minimum atomic E-state index is -3.76. The summed E-state index contributed by atoms with van der Waals surface area (Å²) in [5.74, 6) is -0.646. The average molecular weight is 534 g/mol. The van der Waals surface area contributed by atoms with Crippen molar-refractivity contribution in [3.63, 3.8) is 0 Å². The maximum Gasteiger partial charge on any atom is 0.244 e. The Labute approximate surface area is 219 Å². The second-order valence-corrected chi connectivity index (χ2v) is 12.0. The van der Waals surface area contributed by atoms with E-state index in [-0.39, 0.29) is 18.5 Å². The maximum atomic E-state index is 13.8. The van der Waals surface area contributed by atoms with Gasteiger partial charge in [-0.05, 0) is 74.1 Å². The lowest BCUT2D eigenvalue weighted by Gasteiger charge is -2.33. The Balaban J connectivity index is 1.93. The van der Waals surface area contributed by atoms with Gasteiger partial charge in [0.15, 0.2) is 0 Å². The van der Waals surface area contributed by atoms with E-state index in [1.807, 2.05) is 39.0 Å². The summed E-state index contributed by atoms with van der Waals surface area (Å²) in [5, 5.41) is 3.67. The lowest BCUT2D eigenvalue weighted by atomic mass is 10.1. The number of sulfonamides is 1. The summed E-state index contributed by atoms with van der Waals surface area (Å²) in [6.45, 7) is 5.39. The highest BCUT2D eigenvalue weighted by Crippen LogP contribution is 2.23. The third-order valence-electron chi connectivity index (χ3n) is 6.53. The van der Waals surface area contributed by atoms with Gasteiger partial charge in [0.25, 0.3) is 0 Å². The van der Waals surface area contributed by atoms with Crippen molar-refractivity contribution in [1.82, 2.24) is 10.2 Å². The van der Waals surface area contributed by atoms with Crippen LogP contribution in [0.2, 0.25) is 5.02 Å². The Hall–Kier alpha value is -2.58. The van der Waals surface area contributed by atoms with Crippen molar-refractivity contribution < 1.29 is 18.0 Å². The number of nitrogens with zero attached hydrogens (tertiary/aromatic N) is 2. The molecule has 0 spiro atoms. The summed E-state index contributed by atoms with van der Waals surface area (Å²) in [4.78, 5) is 28.6. The molecular weight excluding hydrogens is 498 g/mol. The van der Waals surface area contributed by atoms with Gasteiger partial charge < -0.3 is 10.2 Å². The summed E-state index contributed by atoms with van der Waals surface area (Å²) >= 11 is 6.04. The predicted molar refractivity (Wildman–Crippen MR) is 145 cm³/mol. The highest BCUT2D eigenvalue weighted by Gasteiger charge is 2.33. The van der Waals surface area contributed by atoms with E-state index < -0.39 is 28.5 Å². The minimum absolute atomic E-state index is 0.113. The molecule has 0 saturated heterocycles. The highest BCUT2D eigenvalue weighted by molar-refractivity contribution is 7.92. The molecule has 2 aromatic carbocycles. The van der Waals surface area contributed by atoms with E-state index in [4.69, 9.17) is 11.6 Å². The second-order valence-electron chi connectivity index (χ2n) is 9.68. The fraction of sp³-hybridized carbons (Fsp3) is 0.481. The first-order chi connectivity index (χ1) is 17.0. The van der Waals surface area contributed by atoms with Gasteiger partial charge in [0.05, 0.1) is 11.9 Å². The van der Waals surface area contributed by atoms with Crippen LogP contribution in [0.25, 0.3) is 0 Å². The third-order valence-corrected chi connectivity index (χ3v) is 7.92. The molecule has 1 aliphatic rings. The van der Waals surface area contributed by atoms with Crippen molar-refractivity contribution in [3.8, 4) is 0 Å². The van der Waals surface area contributed by atoms with Gasteiger partial charge in [-0.25, -0.2) is 8.42 Å². The number of amides is 2. The van der Waals surface area contributed by atoms with E-state index in [1.165, 1.54) is 4.90 Å². The number of rotatable bonds is 10. The number of carbonyl (C=O) groups is 2. The van der Waals surface area contributed by atoms with Gasteiger partial charge >= 0.3 is 0 Å². The molecule has 2 aromatic rings. The number of aryl methyl sites for hydroxylation is 2. The molecule has 1 aliphatic carbocycles. The van der Waals surface area contributed by atoms with Crippen LogP contribution in [0.3, 0.4) is 0 Å². The van der Waals surface area contributed by atoms with Crippen molar-refractivity contribution in [1.29, 1.82) is 0 Å². The zero-order valence-corrected chi connectivity index (χ0v) is 23.0. The van der Waals surface area contributed by atoms with Gasteiger partial charge in [0, 0.05) is 17.6 Å². The van der Waals surface area contributed by atoms with Crippen LogP contribution in [-0.2, 0) is 26.2 Å². The first-order valence-corrected chi connectivity index (χ1v) is 14.6. The van der Waals surface area contributed by atoms with Crippen LogP contribution in [0.5, 0.6) is 0 Å². The quantitative estimate of drug-likeness (QED) is 0.484. The van der Waals surface area contributed by atoms with Crippen molar-refractivity contribution in [2.75, 3.05) is 17.1 Å². The number of nitrogens with one attached hydrogen (secondary N) is 1. The Morgan fingerprint density at radius 3 is 2.17 bits per heavy atom. The molecule has 1 N–H and O–H groups in total. The lowest BCUT2D eigenvalue weighted by molar-refractivity contribution is -0.140. The Morgan fingerprint density at radius 2 is 1.64 bits per heavy atom. The van der Waals surface area contributed by atoms with Gasteiger partial charge in [-0.3, -0.25) is 13.9 Å². The lowest BCUT2D eigenvalue weighted by Crippen LogP contribution is -2.53. The zero-order valence-electron chi connectivity index (χ0n) is 21.5. The second kappa shape index (κ2) is 12.1. The first kappa shape index (κ1) is 28.0. The summed E-state index contributed by atoms with van der Waals surface area (Å²) in [6, 6.07) is 11.9.